The van der Waals surface area contributed by atoms with Gasteiger partial charge in [0.25, 0.3) is 5.91 Å². The summed E-state index contributed by atoms with van der Waals surface area (Å²) in [6.07, 6.45) is 0.749. The molecule has 3 aromatic rings. The zero-order chi connectivity index (χ0) is 20.4. The lowest BCUT2D eigenvalue weighted by molar-refractivity contribution is -0.130. The Morgan fingerprint density at radius 3 is 2.69 bits per heavy atom. The molecule has 7 nitrogen and oxygen atoms in total. The van der Waals surface area contributed by atoms with E-state index in [2.05, 4.69) is 15.6 Å². The lowest BCUT2D eigenvalue weighted by atomic mass is 10.2. The van der Waals surface area contributed by atoms with E-state index in [0.29, 0.717) is 11.5 Å². The van der Waals surface area contributed by atoms with Gasteiger partial charge in [-0.25, -0.2) is 14.5 Å². The van der Waals surface area contributed by atoms with Crippen molar-refractivity contribution in [3.8, 4) is 17.2 Å². The SMILES string of the molecule is Cc1nn(-c2ccc(F)cc2)c(C)c1/C=N\NC(=O)[C@H]1COc2ccccc2O1. The van der Waals surface area contributed by atoms with Gasteiger partial charge in [-0.1, -0.05) is 12.1 Å². The highest BCUT2D eigenvalue weighted by atomic mass is 19.1. The van der Waals surface area contributed by atoms with Crippen LogP contribution in [0.3, 0.4) is 0 Å². The van der Waals surface area contributed by atoms with Crippen LogP contribution in [0.5, 0.6) is 11.5 Å². The fourth-order valence-corrected chi connectivity index (χ4v) is 3.06. The van der Waals surface area contributed by atoms with Crippen molar-refractivity contribution in [3.05, 3.63) is 71.3 Å². The van der Waals surface area contributed by atoms with Crippen LogP contribution in [0.1, 0.15) is 17.0 Å². The molecule has 148 valence electrons. The van der Waals surface area contributed by atoms with Crippen LogP contribution < -0.4 is 14.9 Å². The smallest absolute Gasteiger partial charge is 0.284 e. The van der Waals surface area contributed by atoms with Crippen molar-refractivity contribution in [1.29, 1.82) is 0 Å². The third kappa shape index (κ3) is 3.82. The number of carbonyl (C=O) groups excluding carboxylic acids is 1. The van der Waals surface area contributed by atoms with E-state index in [0.717, 1.165) is 22.6 Å². The van der Waals surface area contributed by atoms with Crippen LogP contribution in [-0.4, -0.2) is 34.6 Å². The van der Waals surface area contributed by atoms with Crippen molar-refractivity contribution in [3.63, 3.8) is 0 Å². The van der Waals surface area contributed by atoms with Crippen molar-refractivity contribution in [2.24, 2.45) is 5.10 Å². The maximum absolute atomic E-state index is 13.2. The lowest BCUT2D eigenvalue weighted by Gasteiger charge is -2.24. The Morgan fingerprint density at radius 2 is 1.93 bits per heavy atom. The first-order valence-corrected chi connectivity index (χ1v) is 9.06. The standard InChI is InChI=1S/C21H19FN4O3/c1-13-17(14(2)26(25-13)16-9-7-15(22)8-10-16)11-23-24-21(27)20-12-28-18-5-3-4-6-19(18)29-20/h3-11,20H,12H2,1-2H3,(H,24,27)/b23-11-/t20-/m1/s1. The highest BCUT2D eigenvalue weighted by Gasteiger charge is 2.27. The summed E-state index contributed by atoms with van der Waals surface area (Å²) >= 11 is 0. The van der Waals surface area contributed by atoms with Crippen LogP contribution in [0.15, 0.2) is 53.6 Å². The molecule has 1 aliphatic rings. The Hall–Kier alpha value is -3.68. The van der Waals surface area contributed by atoms with Gasteiger partial charge in [-0.3, -0.25) is 4.79 Å². The van der Waals surface area contributed by atoms with Crippen LogP contribution >= 0.6 is 0 Å². The molecule has 0 aliphatic carbocycles. The van der Waals surface area contributed by atoms with E-state index in [-0.39, 0.29) is 12.4 Å². The van der Waals surface area contributed by atoms with Gasteiger partial charge in [0.1, 0.15) is 12.4 Å². The molecule has 0 saturated carbocycles. The molecule has 8 heteroatoms. The fraction of sp³-hybridized carbons (Fsp3) is 0.190. The number of nitrogens with zero attached hydrogens (tertiary/aromatic N) is 3. The number of ether oxygens (including phenoxy) is 2. The minimum absolute atomic E-state index is 0.110. The maximum atomic E-state index is 13.2. The second-order valence-electron chi connectivity index (χ2n) is 6.57. The molecule has 0 spiro atoms. The second-order valence-corrected chi connectivity index (χ2v) is 6.57. The van der Waals surface area contributed by atoms with Crippen molar-refractivity contribution in [1.82, 2.24) is 15.2 Å². The molecule has 1 N–H and O–H groups in total. The van der Waals surface area contributed by atoms with Crippen LogP contribution in [-0.2, 0) is 4.79 Å². The molecule has 0 fully saturated rings. The van der Waals surface area contributed by atoms with Crippen LogP contribution in [0.2, 0.25) is 0 Å². The summed E-state index contributed by atoms with van der Waals surface area (Å²) in [5.74, 6) is 0.419. The number of halogens is 1. The van der Waals surface area contributed by atoms with Crippen LogP contribution in [0, 0.1) is 19.7 Å². The van der Waals surface area contributed by atoms with E-state index in [4.69, 9.17) is 9.47 Å². The number of carbonyl (C=O) groups is 1. The van der Waals surface area contributed by atoms with E-state index in [9.17, 15) is 9.18 Å². The number of hydrogen-bond donors (Lipinski definition) is 1. The van der Waals surface area contributed by atoms with E-state index < -0.39 is 12.0 Å². The number of nitrogens with one attached hydrogen (secondary N) is 1. The zero-order valence-corrected chi connectivity index (χ0v) is 15.9. The topological polar surface area (TPSA) is 77.7 Å². The minimum atomic E-state index is -0.786. The van der Waals surface area contributed by atoms with Crippen LogP contribution in [0.4, 0.5) is 4.39 Å². The number of aromatic nitrogens is 2. The molecule has 1 aromatic heterocycles. The first-order valence-electron chi connectivity index (χ1n) is 9.06. The Labute approximate surface area is 166 Å². The number of fused-ring (bicyclic) bond motifs is 1. The molecule has 0 saturated heterocycles. The van der Waals surface area contributed by atoms with Gasteiger partial charge in [-0.05, 0) is 50.2 Å². The highest BCUT2D eigenvalue weighted by Crippen LogP contribution is 2.30. The van der Waals surface area contributed by atoms with Crippen molar-refractivity contribution in [2.75, 3.05) is 6.61 Å². The summed E-state index contributed by atoms with van der Waals surface area (Å²) in [5.41, 5.74) is 5.53. The predicted octanol–water partition coefficient (Wildman–Crippen LogP) is 2.92. The highest BCUT2D eigenvalue weighted by molar-refractivity contribution is 5.86. The summed E-state index contributed by atoms with van der Waals surface area (Å²) in [7, 11) is 0. The van der Waals surface area contributed by atoms with E-state index in [1.54, 1.807) is 28.9 Å². The molecular weight excluding hydrogens is 375 g/mol. The van der Waals surface area contributed by atoms with E-state index >= 15 is 0 Å². The molecule has 0 bridgehead atoms. The molecule has 1 amide bonds. The Balaban J connectivity index is 1.45. The summed E-state index contributed by atoms with van der Waals surface area (Å²) in [6.45, 7) is 3.83. The molecule has 1 atom stereocenters. The summed E-state index contributed by atoms with van der Waals surface area (Å²) in [6, 6.07) is 13.2. The normalized spacial score (nSPS) is 15.5. The number of aryl methyl sites for hydroxylation is 1. The monoisotopic (exact) mass is 394 g/mol. The number of para-hydroxylation sites is 2. The predicted molar refractivity (Wildman–Crippen MR) is 105 cm³/mol. The number of hydrazone groups is 1. The third-order valence-corrected chi connectivity index (χ3v) is 4.59. The van der Waals surface area contributed by atoms with Gasteiger partial charge in [0.2, 0.25) is 6.10 Å². The number of hydrogen-bond acceptors (Lipinski definition) is 5. The van der Waals surface area contributed by atoms with Gasteiger partial charge in [-0.2, -0.15) is 10.2 Å². The number of benzene rings is 2. The molecule has 0 unspecified atom stereocenters. The lowest BCUT2D eigenvalue weighted by Crippen LogP contribution is -2.42. The van der Waals surface area contributed by atoms with Crippen molar-refractivity contribution >= 4 is 12.1 Å². The molecule has 29 heavy (non-hydrogen) atoms. The van der Waals surface area contributed by atoms with Gasteiger partial charge in [0, 0.05) is 5.56 Å². The average molecular weight is 394 g/mol. The van der Waals surface area contributed by atoms with E-state index in [1.165, 1.54) is 18.3 Å². The van der Waals surface area contributed by atoms with E-state index in [1.807, 2.05) is 26.0 Å². The fourth-order valence-electron chi connectivity index (χ4n) is 3.06. The van der Waals surface area contributed by atoms with Crippen molar-refractivity contribution in [2.45, 2.75) is 20.0 Å². The summed E-state index contributed by atoms with van der Waals surface area (Å²) in [5, 5.41) is 8.51. The molecule has 2 aromatic carbocycles. The van der Waals surface area contributed by atoms with Gasteiger partial charge >= 0.3 is 0 Å². The third-order valence-electron chi connectivity index (χ3n) is 4.59. The zero-order valence-electron chi connectivity index (χ0n) is 15.9. The Kier molecular flexibility index (Phi) is 4.99. The van der Waals surface area contributed by atoms with Gasteiger partial charge in [0.05, 0.1) is 23.3 Å². The average Bonchev–Trinajstić information content (AvgIpc) is 3.02. The number of rotatable bonds is 4. The van der Waals surface area contributed by atoms with Gasteiger partial charge in [-0.15, -0.1) is 0 Å². The molecule has 1 aliphatic heterocycles. The number of amides is 1. The Bertz CT molecular complexity index is 1080. The minimum Gasteiger partial charge on any atom is -0.485 e. The van der Waals surface area contributed by atoms with Crippen LogP contribution in [0.25, 0.3) is 5.69 Å². The molecular formula is C21H19FN4O3. The summed E-state index contributed by atoms with van der Waals surface area (Å²) < 4.78 is 26.1. The van der Waals surface area contributed by atoms with Crippen molar-refractivity contribution < 1.29 is 18.7 Å². The van der Waals surface area contributed by atoms with Gasteiger partial charge < -0.3 is 9.47 Å². The Morgan fingerprint density at radius 1 is 1.21 bits per heavy atom. The summed E-state index contributed by atoms with van der Waals surface area (Å²) in [4.78, 5) is 12.3. The first-order chi connectivity index (χ1) is 14.0. The molecule has 0 radical (unpaired) electrons. The first kappa shape index (κ1) is 18.7. The second kappa shape index (κ2) is 7.75. The largest absolute Gasteiger partial charge is 0.485 e. The molecule has 4 rings (SSSR count). The van der Waals surface area contributed by atoms with Gasteiger partial charge in [0.15, 0.2) is 11.5 Å². The molecule has 2 heterocycles. The quantitative estimate of drug-likeness (QED) is 0.545. The maximum Gasteiger partial charge on any atom is 0.284 e.